The third-order valence-electron chi connectivity index (χ3n) is 3.44. The molecule has 0 aromatic heterocycles. The molecule has 2 nitrogen and oxygen atoms in total. The van der Waals surface area contributed by atoms with Crippen LogP contribution in [0.1, 0.15) is 32.6 Å². The number of rotatable bonds is 5. The van der Waals surface area contributed by atoms with Gasteiger partial charge in [0.15, 0.2) is 5.78 Å². The van der Waals surface area contributed by atoms with Gasteiger partial charge in [0.2, 0.25) is 0 Å². The second-order valence-corrected chi connectivity index (χ2v) is 4.92. The molecule has 0 N–H and O–H groups in total. The number of Topliss-reactive ketones (excluding diaryl/α,β-unsaturated/α-hetero) is 1. The van der Waals surface area contributed by atoms with Crippen molar-refractivity contribution < 1.29 is 9.53 Å². The summed E-state index contributed by atoms with van der Waals surface area (Å²) in [5, 5.41) is 0. The number of hydrogen-bond acceptors (Lipinski definition) is 2. The molecule has 0 unspecified atom stereocenters. The average Bonchev–Trinajstić information content (AvgIpc) is 2.40. The molecule has 0 saturated carbocycles. The van der Waals surface area contributed by atoms with Crippen LogP contribution in [0.4, 0.5) is 0 Å². The Morgan fingerprint density at radius 3 is 2.78 bits per heavy atom. The summed E-state index contributed by atoms with van der Waals surface area (Å²) in [6.45, 7) is 2.65. The second-order valence-electron chi connectivity index (χ2n) is 4.92. The van der Waals surface area contributed by atoms with E-state index >= 15 is 0 Å². The fourth-order valence-corrected chi connectivity index (χ4v) is 2.26. The Balaban J connectivity index is 1.66. The van der Waals surface area contributed by atoms with Gasteiger partial charge in [-0.3, -0.25) is 4.79 Å². The fourth-order valence-electron chi connectivity index (χ4n) is 2.26. The Morgan fingerprint density at radius 1 is 1.28 bits per heavy atom. The van der Waals surface area contributed by atoms with Gasteiger partial charge in [-0.1, -0.05) is 24.3 Å². The number of ether oxygens (including phenoxy) is 1. The summed E-state index contributed by atoms with van der Waals surface area (Å²) in [6, 6.07) is 9.87. The van der Waals surface area contributed by atoms with Gasteiger partial charge < -0.3 is 4.74 Å². The van der Waals surface area contributed by atoms with E-state index in [0.717, 1.165) is 37.2 Å². The molecular formula is C16H20O2. The van der Waals surface area contributed by atoms with E-state index in [-0.39, 0.29) is 0 Å². The zero-order chi connectivity index (χ0) is 12.8. The van der Waals surface area contributed by atoms with Crippen molar-refractivity contribution in [2.45, 2.75) is 32.6 Å². The molecule has 2 rings (SSSR count). The smallest absolute Gasteiger partial charge is 0.158 e. The van der Waals surface area contributed by atoms with Crippen LogP contribution in [-0.4, -0.2) is 12.4 Å². The van der Waals surface area contributed by atoms with Crippen LogP contribution in [0.2, 0.25) is 0 Å². The monoisotopic (exact) mass is 244 g/mol. The Kier molecular flexibility index (Phi) is 4.57. The molecule has 96 valence electrons. The number of para-hydroxylation sites is 1. The maximum absolute atomic E-state index is 11.6. The van der Waals surface area contributed by atoms with Gasteiger partial charge in [0.25, 0.3) is 0 Å². The third kappa shape index (κ3) is 3.73. The van der Waals surface area contributed by atoms with Crippen LogP contribution in [0, 0.1) is 5.92 Å². The molecule has 1 aliphatic carbocycles. The van der Waals surface area contributed by atoms with Crippen molar-refractivity contribution >= 4 is 5.78 Å². The van der Waals surface area contributed by atoms with Crippen molar-refractivity contribution in [2.24, 2.45) is 5.92 Å². The third-order valence-corrected chi connectivity index (χ3v) is 3.44. The molecular weight excluding hydrogens is 224 g/mol. The van der Waals surface area contributed by atoms with Gasteiger partial charge in [-0.15, -0.1) is 0 Å². The van der Waals surface area contributed by atoms with Crippen molar-refractivity contribution in [2.75, 3.05) is 6.61 Å². The maximum atomic E-state index is 11.6. The van der Waals surface area contributed by atoms with Crippen molar-refractivity contribution in [3.8, 4) is 5.75 Å². The van der Waals surface area contributed by atoms with Crippen LogP contribution in [0.15, 0.2) is 42.0 Å². The molecule has 1 aliphatic rings. The lowest BCUT2D eigenvalue weighted by Crippen LogP contribution is -2.15. The molecule has 0 heterocycles. The Hall–Kier alpha value is -1.57. The van der Waals surface area contributed by atoms with E-state index in [9.17, 15) is 4.79 Å². The van der Waals surface area contributed by atoms with Gasteiger partial charge in [0, 0.05) is 6.42 Å². The molecule has 1 aromatic rings. The second kappa shape index (κ2) is 6.39. The van der Waals surface area contributed by atoms with Crippen LogP contribution in [0.25, 0.3) is 0 Å². The molecule has 1 aromatic carbocycles. The highest BCUT2D eigenvalue weighted by Gasteiger charge is 2.18. The molecule has 0 saturated heterocycles. The summed E-state index contributed by atoms with van der Waals surface area (Å²) in [5.41, 5.74) is 0.937. The van der Waals surface area contributed by atoms with E-state index in [0.29, 0.717) is 18.1 Å². The van der Waals surface area contributed by atoms with Crippen molar-refractivity contribution in [1.82, 2.24) is 0 Å². The molecule has 1 atom stereocenters. The summed E-state index contributed by atoms with van der Waals surface area (Å²) >= 11 is 0. The summed E-state index contributed by atoms with van der Waals surface area (Å²) < 4.78 is 5.64. The van der Waals surface area contributed by atoms with Crippen LogP contribution in [0.3, 0.4) is 0 Å². The van der Waals surface area contributed by atoms with Gasteiger partial charge in [-0.05, 0) is 49.8 Å². The minimum atomic E-state index is 0.315. The molecule has 2 heteroatoms. The lowest BCUT2D eigenvalue weighted by Gasteiger charge is -2.19. The Labute approximate surface area is 109 Å². The normalized spacial score (nSPS) is 19.5. The predicted molar refractivity (Wildman–Crippen MR) is 72.7 cm³/mol. The maximum Gasteiger partial charge on any atom is 0.158 e. The first-order valence-electron chi connectivity index (χ1n) is 6.63. The first-order valence-corrected chi connectivity index (χ1v) is 6.63. The minimum absolute atomic E-state index is 0.315. The van der Waals surface area contributed by atoms with Crippen LogP contribution in [-0.2, 0) is 4.79 Å². The zero-order valence-corrected chi connectivity index (χ0v) is 10.9. The first-order chi connectivity index (χ1) is 8.75. The van der Waals surface area contributed by atoms with E-state index < -0.39 is 0 Å². The van der Waals surface area contributed by atoms with Gasteiger partial charge in [0.05, 0.1) is 6.61 Å². The minimum Gasteiger partial charge on any atom is -0.494 e. The number of ketones is 1. The number of benzene rings is 1. The Bertz CT molecular complexity index is 420. The van der Waals surface area contributed by atoms with E-state index in [1.165, 1.54) is 0 Å². The SMILES string of the molecule is CC1=CC[C@@H](CCCOc2ccccc2)CC1=O. The molecule has 0 spiro atoms. The topological polar surface area (TPSA) is 26.3 Å². The highest BCUT2D eigenvalue weighted by molar-refractivity contribution is 5.95. The van der Waals surface area contributed by atoms with Crippen LogP contribution in [0.5, 0.6) is 5.75 Å². The molecule has 0 radical (unpaired) electrons. The summed E-state index contributed by atoms with van der Waals surface area (Å²) in [4.78, 5) is 11.6. The quantitative estimate of drug-likeness (QED) is 0.737. The highest BCUT2D eigenvalue weighted by atomic mass is 16.5. The number of allylic oxidation sites excluding steroid dienone is 2. The lowest BCUT2D eigenvalue weighted by molar-refractivity contribution is -0.116. The van der Waals surface area contributed by atoms with Crippen molar-refractivity contribution in [3.05, 3.63) is 42.0 Å². The van der Waals surface area contributed by atoms with Crippen molar-refractivity contribution in [3.63, 3.8) is 0 Å². The van der Waals surface area contributed by atoms with E-state index in [4.69, 9.17) is 4.74 Å². The van der Waals surface area contributed by atoms with Gasteiger partial charge in [-0.25, -0.2) is 0 Å². The van der Waals surface area contributed by atoms with Gasteiger partial charge in [-0.2, -0.15) is 0 Å². The summed E-state index contributed by atoms with van der Waals surface area (Å²) in [7, 11) is 0. The van der Waals surface area contributed by atoms with E-state index in [1.807, 2.05) is 37.3 Å². The van der Waals surface area contributed by atoms with E-state index in [1.54, 1.807) is 0 Å². The molecule has 0 bridgehead atoms. The standard InChI is InChI=1S/C16H20O2/c1-13-9-10-14(12-16(13)17)6-5-11-18-15-7-3-2-4-8-15/h2-4,7-9,14H,5-6,10-12H2,1H3/t14-/m1/s1. The largest absolute Gasteiger partial charge is 0.494 e. The predicted octanol–water partition coefficient (Wildman–Crippen LogP) is 3.77. The fraction of sp³-hybridized carbons (Fsp3) is 0.438. The molecule has 18 heavy (non-hydrogen) atoms. The van der Waals surface area contributed by atoms with Crippen molar-refractivity contribution in [1.29, 1.82) is 0 Å². The van der Waals surface area contributed by atoms with Crippen LogP contribution < -0.4 is 4.74 Å². The molecule has 0 amide bonds. The van der Waals surface area contributed by atoms with Crippen LogP contribution >= 0.6 is 0 Å². The number of carbonyl (C=O) groups excluding carboxylic acids is 1. The summed E-state index contributed by atoms with van der Waals surface area (Å²) in [6.07, 6.45) is 5.92. The van der Waals surface area contributed by atoms with E-state index in [2.05, 4.69) is 6.08 Å². The average molecular weight is 244 g/mol. The first kappa shape index (κ1) is 12.9. The van der Waals surface area contributed by atoms with Gasteiger partial charge in [0.1, 0.15) is 5.75 Å². The summed E-state index contributed by atoms with van der Waals surface area (Å²) in [5.74, 6) is 1.75. The Morgan fingerprint density at radius 2 is 2.06 bits per heavy atom. The zero-order valence-electron chi connectivity index (χ0n) is 10.9. The number of hydrogen-bond donors (Lipinski definition) is 0. The lowest BCUT2D eigenvalue weighted by atomic mass is 9.86. The number of carbonyl (C=O) groups is 1. The molecule has 0 fully saturated rings. The molecule has 0 aliphatic heterocycles. The highest BCUT2D eigenvalue weighted by Crippen LogP contribution is 2.24. The van der Waals surface area contributed by atoms with Gasteiger partial charge >= 0.3 is 0 Å².